The Labute approximate surface area is 151 Å². The molecular formula is C16H14N2O3S3. The Morgan fingerprint density at radius 2 is 1.88 bits per heavy atom. The van der Waals surface area contributed by atoms with Crippen LogP contribution in [-0.4, -0.2) is 14.1 Å². The van der Waals surface area contributed by atoms with Crippen LogP contribution in [0, 0.1) is 18.3 Å². The molecule has 0 aliphatic carbocycles. The van der Waals surface area contributed by atoms with Crippen LogP contribution in [0.4, 0.5) is 0 Å². The molecule has 0 heterocycles. The van der Waals surface area contributed by atoms with Gasteiger partial charge in [0.15, 0.2) is 5.71 Å². The van der Waals surface area contributed by atoms with E-state index < -0.39 is 10.1 Å². The van der Waals surface area contributed by atoms with Gasteiger partial charge in [0.2, 0.25) is 0 Å². The Balaban J connectivity index is 2.30. The third-order valence-corrected chi connectivity index (χ3v) is 4.82. The van der Waals surface area contributed by atoms with Gasteiger partial charge in [0, 0.05) is 5.56 Å². The Hall–Kier alpha value is -1.95. The normalized spacial score (nSPS) is 12.0. The first-order valence-corrected chi connectivity index (χ1v) is 9.22. The first kappa shape index (κ1) is 18.4. The van der Waals surface area contributed by atoms with Crippen LogP contribution in [0.3, 0.4) is 0 Å². The molecule has 0 fully saturated rings. The molecule has 0 spiro atoms. The van der Waals surface area contributed by atoms with Crippen molar-refractivity contribution in [2.75, 3.05) is 0 Å². The standard InChI is InChI=1S/C16H14N2O3S3/c1-11-5-7-14(8-6-11)24(19,20)21-18-15(10-17)12-3-2-4-13(9-12)16(22)23/h2-9,16,22-23H,1H3/b18-15+. The Morgan fingerprint density at radius 1 is 1.21 bits per heavy atom. The monoisotopic (exact) mass is 378 g/mol. The molecule has 0 aliphatic heterocycles. The average Bonchev–Trinajstić information content (AvgIpc) is 2.56. The maximum atomic E-state index is 12.1. The van der Waals surface area contributed by atoms with Crippen molar-refractivity contribution < 1.29 is 12.7 Å². The van der Waals surface area contributed by atoms with Gasteiger partial charge in [-0.2, -0.15) is 38.9 Å². The van der Waals surface area contributed by atoms with Gasteiger partial charge < -0.3 is 0 Å². The zero-order chi connectivity index (χ0) is 17.7. The molecule has 0 amide bonds. The predicted molar refractivity (Wildman–Crippen MR) is 98.8 cm³/mol. The average molecular weight is 378 g/mol. The highest BCUT2D eigenvalue weighted by Crippen LogP contribution is 2.24. The fourth-order valence-corrected chi connectivity index (χ4v) is 2.87. The highest BCUT2D eigenvalue weighted by molar-refractivity contribution is 7.98. The predicted octanol–water partition coefficient (Wildman–Crippen LogP) is 3.49. The molecule has 0 atom stereocenters. The second-order valence-corrected chi connectivity index (χ2v) is 7.86. The van der Waals surface area contributed by atoms with Gasteiger partial charge in [-0.1, -0.05) is 41.1 Å². The van der Waals surface area contributed by atoms with E-state index in [1.807, 2.05) is 13.0 Å². The SMILES string of the molecule is Cc1ccc(S(=O)(=O)O/N=C(\C#N)c2cccc(C(S)S)c2)cc1. The van der Waals surface area contributed by atoms with E-state index in [1.54, 1.807) is 36.4 Å². The summed E-state index contributed by atoms with van der Waals surface area (Å²) in [6.07, 6.45) is 0. The molecule has 8 heteroatoms. The fraction of sp³-hybridized carbons (Fsp3) is 0.125. The molecule has 5 nitrogen and oxygen atoms in total. The minimum absolute atomic E-state index is 0.0336. The van der Waals surface area contributed by atoms with Gasteiger partial charge in [-0.05, 0) is 30.7 Å². The topological polar surface area (TPSA) is 79.5 Å². The number of oxime groups is 1. The number of nitrogens with zero attached hydrogens (tertiary/aromatic N) is 2. The summed E-state index contributed by atoms with van der Waals surface area (Å²) in [6, 6.07) is 14.7. The van der Waals surface area contributed by atoms with Crippen molar-refractivity contribution >= 4 is 41.1 Å². The van der Waals surface area contributed by atoms with Crippen LogP contribution in [0.2, 0.25) is 0 Å². The van der Waals surface area contributed by atoms with Crippen molar-refractivity contribution in [1.82, 2.24) is 0 Å². The molecule has 0 saturated carbocycles. The zero-order valence-corrected chi connectivity index (χ0v) is 15.2. The summed E-state index contributed by atoms with van der Waals surface area (Å²) in [4.78, 5) is -0.0336. The van der Waals surface area contributed by atoms with Crippen molar-refractivity contribution in [2.45, 2.75) is 16.4 Å². The number of hydrogen-bond acceptors (Lipinski definition) is 7. The highest BCUT2D eigenvalue weighted by atomic mass is 32.2. The molecule has 124 valence electrons. The minimum Gasteiger partial charge on any atom is -0.263 e. The van der Waals surface area contributed by atoms with Gasteiger partial charge in [-0.25, -0.2) is 0 Å². The summed E-state index contributed by atoms with van der Waals surface area (Å²) in [6.45, 7) is 1.84. The number of thiol groups is 2. The van der Waals surface area contributed by atoms with Crippen molar-refractivity contribution in [3.8, 4) is 6.07 Å². The molecule has 0 N–H and O–H groups in total. The first-order chi connectivity index (χ1) is 11.3. The Morgan fingerprint density at radius 3 is 2.46 bits per heavy atom. The lowest BCUT2D eigenvalue weighted by atomic mass is 10.1. The van der Waals surface area contributed by atoms with Gasteiger partial charge in [-0.15, -0.1) is 0 Å². The Kier molecular flexibility index (Phi) is 5.94. The number of hydrogen-bond donors (Lipinski definition) is 2. The summed E-state index contributed by atoms with van der Waals surface area (Å²) >= 11 is 8.40. The zero-order valence-electron chi connectivity index (χ0n) is 12.6. The van der Waals surface area contributed by atoms with E-state index in [1.165, 1.54) is 12.1 Å². The molecule has 0 unspecified atom stereocenters. The summed E-state index contributed by atoms with van der Waals surface area (Å²) in [5, 5.41) is 12.7. The van der Waals surface area contributed by atoms with Gasteiger partial charge in [0.05, 0.1) is 4.58 Å². The number of rotatable bonds is 5. The molecule has 2 rings (SSSR count). The third-order valence-electron chi connectivity index (χ3n) is 3.10. The van der Waals surface area contributed by atoms with E-state index in [9.17, 15) is 13.7 Å². The van der Waals surface area contributed by atoms with Crippen LogP contribution in [0.1, 0.15) is 21.3 Å². The lowest BCUT2D eigenvalue weighted by Gasteiger charge is -2.06. The van der Waals surface area contributed by atoms with Gasteiger partial charge >= 0.3 is 10.1 Å². The van der Waals surface area contributed by atoms with E-state index in [0.29, 0.717) is 5.56 Å². The maximum absolute atomic E-state index is 12.1. The second-order valence-electron chi connectivity index (χ2n) is 4.89. The van der Waals surface area contributed by atoms with Gasteiger partial charge in [0.1, 0.15) is 11.0 Å². The molecule has 0 radical (unpaired) electrons. The molecular weight excluding hydrogens is 364 g/mol. The van der Waals surface area contributed by atoms with Crippen LogP contribution in [0.15, 0.2) is 58.6 Å². The molecule has 0 bridgehead atoms. The van der Waals surface area contributed by atoms with Crippen molar-refractivity contribution in [3.63, 3.8) is 0 Å². The third kappa shape index (κ3) is 4.54. The van der Waals surface area contributed by atoms with E-state index >= 15 is 0 Å². The van der Waals surface area contributed by atoms with Gasteiger partial charge in [0.25, 0.3) is 0 Å². The quantitative estimate of drug-likeness (QED) is 0.361. The largest absolute Gasteiger partial charge is 0.358 e. The van der Waals surface area contributed by atoms with Crippen molar-refractivity contribution in [2.24, 2.45) is 5.16 Å². The molecule has 24 heavy (non-hydrogen) atoms. The van der Waals surface area contributed by atoms with Crippen LogP contribution in [-0.2, 0) is 14.4 Å². The van der Waals surface area contributed by atoms with Crippen molar-refractivity contribution in [3.05, 3.63) is 65.2 Å². The molecule has 0 saturated heterocycles. The van der Waals surface area contributed by atoms with Gasteiger partial charge in [-0.3, -0.25) is 4.28 Å². The maximum Gasteiger partial charge on any atom is 0.358 e. The van der Waals surface area contributed by atoms with E-state index in [-0.39, 0.29) is 15.2 Å². The summed E-state index contributed by atoms with van der Waals surface area (Å²) in [7, 11) is -4.09. The molecule has 0 aliphatic rings. The highest BCUT2D eigenvalue weighted by Gasteiger charge is 2.16. The molecule has 2 aromatic rings. The van der Waals surface area contributed by atoms with E-state index in [0.717, 1.165) is 11.1 Å². The summed E-state index contributed by atoms with van der Waals surface area (Å²) in [5.74, 6) is 0. The Bertz CT molecular complexity index is 899. The van der Waals surface area contributed by atoms with Crippen LogP contribution >= 0.6 is 25.3 Å². The second kappa shape index (κ2) is 7.75. The van der Waals surface area contributed by atoms with Crippen LogP contribution in [0.25, 0.3) is 0 Å². The van der Waals surface area contributed by atoms with Crippen LogP contribution in [0.5, 0.6) is 0 Å². The lowest BCUT2D eigenvalue weighted by Crippen LogP contribution is -2.06. The lowest BCUT2D eigenvalue weighted by molar-refractivity contribution is 0.339. The van der Waals surface area contributed by atoms with Crippen LogP contribution < -0.4 is 0 Å². The summed E-state index contributed by atoms with van der Waals surface area (Å²) in [5.41, 5.74) is 1.93. The molecule has 2 aromatic carbocycles. The summed E-state index contributed by atoms with van der Waals surface area (Å²) < 4.78 is 28.5. The fourth-order valence-electron chi connectivity index (χ4n) is 1.82. The smallest absolute Gasteiger partial charge is 0.263 e. The molecule has 0 aromatic heterocycles. The van der Waals surface area contributed by atoms with E-state index in [2.05, 4.69) is 34.7 Å². The minimum atomic E-state index is -4.09. The number of nitriles is 1. The first-order valence-electron chi connectivity index (χ1n) is 6.78. The van der Waals surface area contributed by atoms with Crippen molar-refractivity contribution in [1.29, 1.82) is 5.26 Å². The van der Waals surface area contributed by atoms with E-state index in [4.69, 9.17) is 0 Å². The number of benzene rings is 2. The number of aryl methyl sites for hydroxylation is 1.